The molecule has 7 heteroatoms. The molecule has 1 amide bonds. The van der Waals surface area contributed by atoms with Crippen molar-refractivity contribution >= 4 is 27.9 Å². The predicted octanol–water partition coefficient (Wildman–Crippen LogP) is 2.51. The van der Waals surface area contributed by atoms with Crippen LogP contribution in [0.1, 0.15) is 21.4 Å². The second kappa shape index (κ2) is 4.36. The molecule has 96 valence electrons. The largest absolute Gasteiger partial charge is 0.360 e. The molecule has 3 rings (SSSR count). The van der Waals surface area contributed by atoms with Crippen molar-refractivity contribution in [2.45, 2.75) is 6.17 Å². The first kappa shape index (κ1) is 11.7. The SMILES string of the molecule is O=C1N[C@H](c2ccc([N+](=O)[O-])s2)Nc2ccccc21. The molecule has 1 aromatic heterocycles. The molecule has 0 unspecified atom stereocenters. The van der Waals surface area contributed by atoms with Crippen LogP contribution in [0.5, 0.6) is 0 Å². The van der Waals surface area contributed by atoms with Crippen LogP contribution in [0.25, 0.3) is 0 Å². The summed E-state index contributed by atoms with van der Waals surface area (Å²) in [6.45, 7) is 0. The molecule has 0 aliphatic carbocycles. The van der Waals surface area contributed by atoms with Crippen molar-refractivity contribution in [1.82, 2.24) is 5.32 Å². The lowest BCUT2D eigenvalue weighted by molar-refractivity contribution is -0.380. The third-order valence-corrected chi connectivity index (χ3v) is 3.93. The van der Waals surface area contributed by atoms with E-state index in [-0.39, 0.29) is 10.9 Å². The highest BCUT2D eigenvalue weighted by atomic mass is 32.1. The molecule has 6 nitrogen and oxygen atoms in total. The Morgan fingerprint density at radius 3 is 2.68 bits per heavy atom. The summed E-state index contributed by atoms with van der Waals surface area (Å²) in [7, 11) is 0. The van der Waals surface area contributed by atoms with E-state index in [1.807, 2.05) is 12.1 Å². The van der Waals surface area contributed by atoms with Crippen LogP contribution in [-0.2, 0) is 0 Å². The minimum atomic E-state index is -0.438. The standard InChI is InChI=1S/C12H9N3O3S/c16-12-7-3-1-2-4-8(7)13-11(14-12)9-5-6-10(19-9)15(17)18/h1-6,11,13H,(H,14,16)/t11-/m1/s1. The van der Waals surface area contributed by atoms with E-state index in [1.54, 1.807) is 18.2 Å². The lowest BCUT2D eigenvalue weighted by atomic mass is 10.1. The number of hydrogen-bond acceptors (Lipinski definition) is 5. The van der Waals surface area contributed by atoms with Crippen molar-refractivity contribution in [3.63, 3.8) is 0 Å². The quantitative estimate of drug-likeness (QED) is 0.651. The molecule has 0 saturated heterocycles. The fraction of sp³-hybridized carbons (Fsp3) is 0.0833. The monoisotopic (exact) mass is 275 g/mol. The molecule has 0 spiro atoms. The van der Waals surface area contributed by atoms with Gasteiger partial charge in [0.05, 0.1) is 15.4 Å². The number of carbonyl (C=O) groups is 1. The number of nitrogens with zero attached hydrogens (tertiary/aromatic N) is 1. The number of carbonyl (C=O) groups excluding carboxylic acids is 1. The summed E-state index contributed by atoms with van der Waals surface area (Å²) >= 11 is 1.05. The number of nitrogens with one attached hydrogen (secondary N) is 2. The highest BCUT2D eigenvalue weighted by Crippen LogP contribution is 2.32. The van der Waals surface area contributed by atoms with Gasteiger partial charge in [0, 0.05) is 11.8 Å². The van der Waals surface area contributed by atoms with Gasteiger partial charge in [0.2, 0.25) is 0 Å². The Labute approximate surface area is 112 Å². The van der Waals surface area contributed by atoms with Crippen LogP contribution >= 0.6 is 11.3 Å². The average Bonchev–Trinajstić information content (AvgIpc) is 2.88. The molecule has 0 radical (unpaired) electrons. The molecule has 1 aromatic carbocycles. The Morgan fingerprint density at radius 1 is 1.16 bits per heavy atom. The normalized spacial score (nSPS) is 17.3. The maximum Gasteiger partial charge on any atom is 0.324 e. The summed E-state index contributed by atoms with van der Waals surface area (Å²) in [6.07, 6.45) is -0.430. The van der Waals surface area contributed by atoms with Crippen LogP contribution < -0.4 is 10.6 Å². The third-order valence-electron chi connectivity index (χ3n) is 2.82. The number of amides is 1. The Bertz CT molecular complexity index is 668. The summed E-state index contributed by atoms with van der Waals surface area (Å²) in [5.41, 5.74) is 1.30. The number of rotatable bonds is 2. The average molecular weight is 275 g/mol. The van der Waals surface area contributed by atoms with Crippen LogP contribution in [0.4, 0.5) is 10.7 Å². The molecule has 0 saturated carbocycles. The molecule has 19 heavy (non-hydrogen) atoms. The fourth-order valence-electron chi connectivity index (χ4n) is 1.95. The van der Waals surface area contributed by atoms with Gasteiger partial charge < -0.3 is 10.6 Å². The van der Waals surface area contributed by atoms with Crippen molar-refractivity contribution in [1.29, 1.82) is 0 Å². The van der Waals surface area contributed by atoms with E-state index in [0.29, 0.717) is 10.4 Å². The molecule has 1 aliphatic rings. The van der Waals surface area contributed by atoms with Gasteiger partial charge in [-0.25, -0.2) is 0 Å². The van der Waals surface area contributed by atoms with E-state index < -0.39 is 11.1 Å². The summed E-state index contributed by atoms with van der Waals surface area (Å²) in [5.74, 6) is -0.185. The Morgan fingerprint density at radius 2 is 1.95 bits per heavy atom. The highest BCUT2D eigenvalue weighted by molar-refractivity contribution is 7.15. The number of thiophene rings is 1. The van der Waals surface area contributed by atoms with Gasteiger partial charge in [-0.2, -0.15) is 0 Å². The van der Waals surface area contributed by atoms with E-state index in [0.717, 1.165) is 17.0 Å². The first-order valence-corrected chi connectivity index (χ1v) is 6.37. The molecule has 1 aliphatic heterocycles. The summed E-state index contributed by atoms with van der Waals surface area (Å²) in [4.78, 5) is 22.9. The van der Waals surface area contributed by atoms with Crippen LogP contribution in [0.15, 0.2) is 36.4 Å². The lowest BCUT2D eigenvalue weighted by Gasteiger charge is -2.26. The van der Waals surface area contributed by atoms with Gasteiger partial charge in [0.25, 0.3) is 5.91 Å². The van der Waals surface area contributed by atoms with Gasteiger partial charge >= 0.3 is 5.00 Å². The summed E-state index contributed by atoms with van der Waals surface area (Å²) in [5, 5.41) is 16.7. The van der Waals surface area contributed by atoms with Crippen LogP contribution in [0.2, 0.25) is 0 Å². The second-order valence-corrected chi connectivity index (χ2v) is 5.12. The van der Waals surface area contributed by atoms with Gasteiger partial charge in [0.15, 0.2) is 0 Å². The predicted molar refractivity (Wildman–Crippen MR) is 71.2 cm³/mol. The third kappa shape index (κ3) is 2.04. The first-order valence-electron chi connectivity index (χ1n) is 5.56. The van der Waals surface area contributed by atoms with Gasteiger partial charge in [-0.15, -0.1) is 0 Å². The van der Waals surface area contributed by atoms with Crippen LogP contribution in [-0.4, -0.2) is 10.8 Å². The molecular formula is C12H9N3O3S. The number of benzene rings is 1. The van der Waals surface area contributed by atoms with Gasteiger partial charge in [-0.05, 0) is 18.2 Å². The van der Waals surface area contributed by atoms with E-state index in [9.17, 15) is 14.9 Å². The van der Waals surface area contributed by atoms with E-state index in [2.05, 4.69) is 10.6 Å². The molecule has 0 fully saturated rings. The molecule has 1 atom stereocenters. The molecular weight excluding hydrogens is 266 g/mol. The van der Waals surface area contributed by atoms with Crippen molar-refractivity contribution in [3.05, 3.63) is 57.0 Å². The fourth-order valence-corrected chi connectivity index (χ4v) is 2.77. The zero-order valence-corrected chi connectivity index (χ0v) is 10.4. The maximum atomic E-state index is 11.9. The number of anilines is 1. The summed E-state index contributed by atoms with van der Waals surface area (Å²) in [6, 6.07) is 10.2. The summed E-state index contributed by atoms with van der Waals surface area (Å²) < 4.78 is 0. The van der Waals surface area contributed by atoms with E-state index >= 15 is 0 Å². The van der Waals surface area contributed by atoms with E-state index in [1.165, 1.54) is 6.07 Å². The topological polar surface area (TPSA) is 84.3 Å². The molecule has 0 bridgehead atoms. The minimum Gasteiger partial charge on any atom is -0.360 e. The van der Waals surface area contributed by atoms with Gasteiger partial charge in [-0.3, -0.25) is 14.9 Å². The van der Waals surface area contributed by atoms with Crippen molar-refractivity contribution in [3.8, 4) is 0 Å². The van der Waals surface area contributed by atoms with Gasteiger partial charge in [-0.1, -0.05) is 23.5 Å². The number of nitro groups is 1. The van der Waals surface area contributed by atoms with E-state index in [4.69, 9.17) is 0 Å². The molecule has 2 aromatic rings. The van der Waals surface area contributed by atoms with Crippen LogP contribution in [0.3, 0.4) is 0 Å². The zero-order chi connectivity index (χ0) is 13.4. The highest BCUT2D eigenvalue weighted by Gasteiger charge is 2.26. The van der Waals surface area contributed by atoms with Crippen molar-refractivity contribution < 1.29 is 9.72 Å². The maximum absolute atomic E-state index is 11.9. The van der Waals surface area contributed by atoms with Crippen LogP contribution in [0, 0.1) is 10.1 Å². The zero-order valence-electron chi connectivity index (χ0n) is 9.62. The molecule has 2 heterocycles. The van der Waals surface area contributed by atoms with Crippen molar-refractivity contribution in [2.75, 3.05) is 5.32 Å². The Kier molecular flexibility index (Phi) is 2.68. The Balaban J connectivity index is 1.92. The minimum absolute atomic E-state index is 0.0601. The van der Waals surface area contributed by atoms with Gasteiger partial charge in [0.1, 0.15) is 6.17 Å². The Hall–Kier alpha value is -2.41. The lowest BCUT2D eigenvalue weighted by Crippen LogP contribution is -2.37. The van der Waals surface area contributed by atoms with Crippen molar-refractivity contribution in [2.24, 2.45) is 0 Å². The smallest absolute Gasteiger partial charge is 0.324 e. The number of para-hydroxylation sites is 1. The second-order valence-electron chi connectivity index (χ2n) is 4.03. The molecule has 2 N–H and O–H groups in total. The first-order chi connectivity index (χ1) is 9.15. The number of fused-ring (bicyclic) bond motifs is 1. The number of hydrogen-bond donors (Lipinski definition) is 2.